The number of carbonyl (C=O) groups excluding carboxylic acids is 1. The Hall–Kier alpha value is -1.77. The molecular formula is C15H18N2O. The molecule has 2 aromatic rings. The molecule has 18 heavy (non-hydrogen) atoms. The van der Waals surface area contributed by atoms with Gasteiger partial charge >= 0.3 is 0 Å². The van der Waals surface area contributed by atoms with Gasteiger partial charge < -0.3 is 10.3 Å². The summed E-state index contributed by atoms with van der Waals surface area (Å²) in [5.74, 6) is 0.942. The summed E-state index contributed by atoms with van der Waals surface area (Å²) in [4.78, 5) is 15.1. The van der Waals surface area contributed by atoms with E-state index < -0.39 is 0 Å². The van der Waals surface area contributed by atoms with Gasteiger partial charge in [0.15, 0.2) is 0 Å². The third-order valence-corrected chi connectivity index (χ3v) is 3.55. The van der Waals surface area contributed by atoms with Gasteiger partial charge in [-0.3, -0.25) is 4.79 Å². The monoisotopic (exact) mass is 242 g/mol. The van der Waals surface area contributed by atoms with Gasteiger partial charge in [-0.1, -0.05) is 31.0 Å². The van der Waals surface area contributed by atoms with Crippen LogP contribution in [0.25, 0.3) is 10.9 Å². The van der Waals surface area contributed by atoms with Crippen molar-refractivity contribution in [3.05, 3.63) is 36.0 Å². The predicted molar refractivity (Wildman–Crippen MR) is 72.6 cm³/mol. The summed E-state index contributed by atoms with van der Waals surface area (Å²) in [5.41, 5.74) is 1.67. The number of hydrogen-bond acceptors (Lipinski definition) is 1. The van der Waals surface area contributed by atoms with E-state index in [9.17, 15) is 4.79 Å². The van der Waals surface area contributed by atoms with E-state index in [1.807, 2.05) is 30.3 Å². The number of amides is 1. The SMILES string of the molecule is O=C(NCCCC1CC1)c1cc2ccccc2[nH]1. The van der Waals surface area contributed by atoms with Gasteiger partial charge in [0, 0.05) is 17.4 Å². The van der Waals surface area contributed by atoms with Gasteiger partial charge in [0.1, 0.15) is 5.69 Å². The molecule has 0 bridgehead atoms. The lowest BCUT2D eigenvalue weighted by Crippen LogP contribution is -2.24. The Bertz CT molecular complexity index is 521. The van der Waals surface area contributed by atoms with E-state index in [0.29, 0.717) is 5.69 Å². The molecule has 1 fully saturated rings. The van der Waals surface area contributed by atoms with E-state index in [0.717, 1.165) is 29.8 Å². The maximum Gasteiger partial charge on any atom is 0.267 e. The minimum absolute atomic E-state index is 0.00185. The highest BCUT2D eigenvalue weighted by Crippen LogP contribution is 2.33. The van der Waals surface area contributed by atoms with Crippen LogP contribution in [0.5, 0.6) is 0 Å². The van der Waals surface area contributed by atoms with Gasteiger partial charge in [-0.2, -0.15) is 0 Å². The van der Waals surface area contributed by atoms with Crippen molar-refractivity contribution < 1.29 is 4.79 Å². The Balaban J connectivity index is 1.57. The number of rotatable bonds is 5. The van der Waals surface area contributed by atoms with Crippen molar-refractivity contribution in [2.45, 2.75) is 25.7 Å². The van der Waals surface area contributed by atoms with E-state index >= 15 is 0 Å². The van der Waals surface area contributed by atoms with Gasteiger partial charge in [-0.15, -0.1) is 0 Å². The van der Waals surface area contributed by atoms with Crippen LogP contribution in [0.2, 0.25) is 0 Å². The second-order valence-electron chi connectivity index (χ2n) is 5.11. The van der Waals surface area contributed by atoms with Crippen molar-refractivity contribution in [3.63, 3.8) is 0 Å². The Kier molecular flexibility index (Phi) is 3.05. The minimum Gasteiger partial charge on any atom is -0.351 e. The van der Waals surface area contributed by atoms with Crippen molar-refractivity contribution in [2.75, 3.05) is 6.54 Å². The molecule has 1 aromatic carbocycles. The van der Waals surface area contributed by atoms with Crippen LogP contribution in [0.1, 0.15) is 36.2 Å². The van der Waals surface area contributed by atoms with Crippen LogP contribution < -0.4 is 5.32 Å². The number of aromatic amines is 1. The average Bonchev–Trinajstić information content (AvgIpc) is 3.10. The van der Waals surface area contributed by atoms with Crippen molar-refractivity contribution in [2.24, 2.45) is 5.92 Å². The highest BCUT2D eigenvalue weighted by Gasteiger charge is 2.20. The lowest BCUT2D eigenvalue weighted by Gasteiger charge is -2.02. The van der Waals surface area contributed by atoms with Crippen LogP contribution in [0, 0.1) is 5.92 Å². The maximum atomic E-state index is 11.9. The highest BCUT2D eigenvalue weighted by atomic mass is 16.1. The Morgan fingerprint density at radius 3 is 2.94 bits per heavy atom. The summed E-state index contributed by atoms with van der Waals surface area (Å²) in [5, 5.41) is 4.06. The zero-order valence-corrected chi connectivity index (χ0v) is 10.4. The first-order chi connectivity index (χ1) is 8.83. The fraction of sp³-hybridized carbons (Fsp3) is 0.400. The van der Waals surface area contributed by atoms with Gasteiger partial charge in [0.2, 0.25) is 0 Å². The predicted octanol–water partition coefficient (Wildman–Crippen LogP) is 3.09. The average molecular weight is 242 g/mol. The Labute approximate surface area is 107 Å². The first-order valence-electron chi connectivity index (χ1n) is 6.69. The summed E-state index contributed by atoms with van der Waals surface area (Å²) >= 11 is 0. The molecule has 3 heteroatoms. The molecule has 2 N–H and O–H groups in total. The van der Waals surface area contributed by atoms with Crippen molar-refractivity contribution in [3.8, 4) is 0 Å². The smallest absolute Gasteiger partial charge is 0.267 e. The molecule has 1 aromatic heterocycles. The number of nitrogens with one attached hydrogen (secondary N) is 2. The van der Waals surface area contributed by atoms with Crippen LogP contribution in [0.15, 0.2) is 30.3 Å². The van der Waals surface area contributed by atoms with Gasteiger partial charge in [-0.05, 0) is 30.9 Å². The highest BCUT2D eigenvalue weighted by molar-refractivity contribution is 5.97. The zero-order chi connectivity index (χ0) is 12.4. The second kappa shape index (κ2) is 4.84. The molecule has 94 valence electrons. The van der Waals surface area contributed by atoms with Crippen molar-refractivity contribution in [1.82, 2.24) is 10.3 Å². The van der Waals surface area contributed by atoms with Crippen LogP contribution in [-0.2, 0) is 0 Å². The van der Waals surface area contributed by atoms with Crippen molar-refractivity contribution >= 4 is 16.8 Å². The second-order valence-corrected chi connectivity index (χ2v) is 5.11. The molecule has 0 saturated heterocycles. The molecule has 3 rings (SSSR count). The third-order valence-electron chi connectivity index (χ3n) is 3.55. The summed E-state index contributed by atoms with van der Waals surface area (Å²) in [6.07, 6.45) is 5.12. The van der Waals surface area contributed by atoms with E-state index in [-0.39, 0.29) is 5.91 Å². The lowest BCUT2D eigenvalue weighted by atomic mass is 10.2. The van der Waals surface area contributed by atoms with Crippen LogP contribution in [0.3, 0.4) is 0 Å². The molecule has 1 aliphatic carbocycles. The molecule has 0 aliphatic heterocycles. The fourth-order valence-corrected chi connectivity index (χ4v) is 2.29. The number of aromatic nitrogens is 1. The van der Waals surface area contributed by atoms with Gasteiger partial charge in [-0.25, -0.2) is 0 Å². The quantitative estimate of drug-likeness (QED) is 0.777. The standard InChI is InChI=1S/C15H18N2O/c18-15(16-9-3-4-11-7-8-11)14-10-12-5-1-2-6-13(12)17-14/h1-2,5-6,10-11,17H,3-4,7-9H2,(H,16,18). The third kappa shape index (κ3) is 2.55. The van der Waals surface area contributed by atoms with Crippen molar-refractivity contribution in [1.29, 1.82) is 0 Å². The lowest BCUT2D eigenvalue weighted by molar-refractivity contribution is 0.0948. The molecule has 1 aliphatic rings. The molecule has 1 amide bonds. The molecule has 1 saturated carbocycles. The molecule has 1 heterocycles. The Morgan fingerprint density at radius 2 is 2.17 bits per heavy atom. The number of hydrogen-bond donors (Lipinski definition) is 2. The molecule has 0 atom stereocenters. The van der Waals surface area contributed by atoms with Crippen LogP contribution >= 0.6 is 0 Å². The van der Waals surface area contributed by atoms with Gasteiger partial charge in [0.05, 0.1) is 0 Å². The minimum atomic E-state index is 0.00185. The summed E-state index contributed by atoms with van der Waals surface area (Å²) in [6.45, 7) is 0.782. The van der Waals surface area contributed by atoms with Crippen LogP contribution in [-0.4, -0.2) is 17.4 Å². The number of fused-ring (bicyclic) bond motifs is 1. The maximum absolute atomic E-state index is 11.9. The molecule has 0 unspecified atom stereocenters. The number of carbonyl (C=O) groups is 1. The van der Waals surface area contributed by atoms with E-state index in [2.05, 4.69) is 10.3 Å². The molecule has 0 radical (unpaired) electrons. The largest absolute Gasteiger partial charge is 0.351 e. The van der Waals surface area contributed by atoms with E-state index in [4.69, 9.17) is 0 Å². The van der Waals surface area contributed by atoms with Crippen LogP contribution in [0.4, 0.5) is 0 Å². The summed E-state index contributed by atoms with van der Waals surface area (Å²) < 4.78 is 0. The first kappa shape index (κ1) is 11.3. The number of benzene rings is 1. The number of para-hydroxylation sites is 1. The zero-order valence-electron chi connectivity index (χ0n) is 10.4. The summed E-state index contributed by atoms with van der Waals surface area (Å²) in [6, 6.07) is 9.85. The number of H-pyrrole nitrogens is 1. The van der Waals surface area contributed by atoms with E-state index in [1.165, 1.54) is 19.3 Å². The first-order valence-corrected chi connectivity index (χ1v) is 6.69. The van der Waals surface area contributed by atoms with E-state index in [1.54, 1.807) is 0 Å². The Morgan fingerprint density at radius 1 is 1.33 bits per heavy atom. The summed E-state index contributed by atoms with van der Waals surface area (Å²) in [7, 11) is 0. The molecular weight excluding hydrogens is 224 g/mol. The fourth-order valence-electron chi connectivity index (χ4n) is 2.29. The molecule has 0 spiro atoms. The molecule has 3 nitrogen and oxygen atoms in total. The normalized spacial score (nSPS) is 14.9. The van der Waals surface area contributed by atoms with Gasteiger partial charge in [0.25, 0.3) is 5.91 Å². The topological polar surface area (TPSA) is 44.9 Å².